The Morgan fingerprint density at radius 1 is 1.50 bits per heavy atom. The van der Waals surface area contributed by atoms with Gasteiger partial charge >= 0.3 is 0 Å². The van der Waals surface area contributed by atoms with Crippen LogP contribution in [0, 0.1) is 0 Å². The zero-order chi connectivity index (χ0) is 11.9. The van der Waals surface area contributed by atoms with Crippen molar-refractivity contribution >= 4 is 28.9 Å². The first-order valence-corrected chi connectivity index (χ1v) is 4.75. The second kappa shape index (κ2) is 3.44. The molecular formula is C9H11N5O2. The Bertz CT molecular complexity index is 545. The van der Waals surface area contributed by atoms with Crippen molar-refractivity contribution in [2.24, 2.45) is 4.99 Å². The molecule has 1 aromatic heterocycles. The SMILES string of the molecule is CC(=O)C1=Nc2c(nc(N)[nH]c2=O)NC1C. The van der Waals surface area contributed by atoms with E-state index in [9.17, 15) is 9.59 Å². The number of hydrogen-bond donors (Lipinski definition) is 3. The van der Waals surface area contributed by atoms with Crippen LogP contribution < -0.4 is 16.6 Å². The summed E-state index contributed by atoms with van der Waals surface area (Å²) in [7, 11) is 0. The van der Waals surface area contributed by atoms with Crippen LogP contribution in [0.3, 0.4) is 0 Å². The first-order chi connectivity index (χ1) is 7.49. The molecule has 7 nitrogen and oxygen atoms in total. The molecule has 1 unspecified atom stereocenters. The molecular weight excluding hydrogens is 210 g/mol. The van der Waals surface area contributed by atoms with Crippen molar-refractivity contribution in [3.63, 3.8) is 0 Å². The Hall–Kier alpha value is -2.18. The Kier molecular flexibility index (Phi) is 2.22. The number of ketones is 1. The second-order valence-electron chi connectivity index (χ2n) is 3.57. The van der Waals surface area contributed by atoms with Gasteiger partial charge in [-0.3, -0.25) is 14.6 Å². The van der Waals surface area contributed by atoms with E-state index in [1.807, 2.05) is 0 Å². The van der Waals surface area contributed by atoms with Crippen LogP contribution in [0.4, 0.5) is 17.5 Å². The summed E-state index contributed by atoms with van der Waals surface area (Å²) in [5.41, 5.74) is 5.35. The summed E-state index contributed by atoms with van der Waals surface area (Å²) in [6, 6.07) is -0.279. The van der Waals surface area contributed by atoms with Gasteiger partial charge in [0.05, 0.1) is 6.04 Å². The van der Waals surface area contributed by atoms with E-state index >= 15 is 0 Å². The number of nitrogens with two attached hydrogens (primary N) is 1. The van der Waals surface area contributed by atoms with Crippen molar-refractivity contribution in [1.82, 2.24) is 9.97 Å². The fraction of sp³-hybridized carbons (Fsp3) is 0.333. The van der Waals surface area contributed by atoms with Crippen LogP contribution in [-0.4, -0.2) is 27.5 Å². The second-order valence-corrected chi connectivity index (χ2v) is 3.57. The summed E-state index contributed by atoms with van der Waals surface area (Å²) in [6.07, 6.45) is 0. The lowest BCUT2D eigenvalue weighted by atomic mass is 10.1. The summed E-state index contributed by atoms with van der Waals surface area (Å²) < 4.78 is 0. The van der Waals surface area contributed by atoms with Gasteiger partial charge in [0.25, 0.3) is 5.56 Å². The molecule has 0 aromatic carbocycles. The molecule has 0 amide bonds. The zero-order valence-electron chi connectivity index (χ0n) is 8.87. The van der Waals surface area contributed by atoms with Crippen LogP contribution in [0.2, 0.25) is 0 Å². The number of hydrogen-bond acceptors (Lipinski definition) is 6. The molecule has 0 radical (unpaired) electrons. The predicted octanol–water partition coefficient (Wildman–Crippen LogP) is -0.172. The number of aromatic nitrogens is 2. The molecule has 0 fully saturated rings. The van der Waals surface area contributed by atoms with Crippen LogP contribution in [0.1, 0.15) is 13.8 Å². The Morgan fingerprint density at radius 3 is 2.81 bits per heavy atom. The van der Waals surface area contributed by atoms with Crippen molar-refractivity contribution in [2.45, 2.75) is 19.9 Å². The molecule has 1 aromatic rings. The molecule has 1 aliphatic rings. The van der Waals surface area contributed by atoms with Gasteiger partial charge in [0.15, 0.2) is 17.3 Å². The molecule has 0 spiro atoms. The number of aliphatic imine (C=N–C) groups is 1. The van der Waals surface area contributed by atoms with E-state index in [-0.39, 0.29) is 23.5 Å². The Labute approximate surface area is 90.8 Å². The first-order valence-electron chi connectivity index (χ1n) is 4.75. The third-order valence-corrected chi connectivity index (χ3v) is 2.27. The number of aromatic amines is 1. The van der Waals surface area contributed by atoms with Crippen LogP contribution in [0.25, 0.3) is 0 Å². The van der Waals surface area contributed by atoms with Gasteiger partial charge in [0.2, 0.25) is 5.95 Å². The Morgan fingerprint density at radius 2 is 2.19 bits per heavy atom. The molecule has 0 aliphatic carbocycles. The third-order valence-electron chi connectivity index (χ3n) is 2.27. The number of Topliss-reactive ketones (excluding diaryl/α,β-unsaturated/α-hetero) is 1. The molecule has 0 saturated carbocycles. The minimum absolute atomic E-state index is 0.0184. The van der Waals surface area contributed by atoms with Crippen LogP contribution in [-0.2, 0) is 4.79 Å². The monoisotopic (exact) mass is 221 g/mol. The summed E-state index contributed by atoms with van der Waals surface area (Å²) >= 11 is 0. The van der Waals surface area contributed by atoms with Crippen LogP contribution in [0.15, 0.2) is 9.79 Å². The highest BCUT2D eigenvalue weighted by atomic mass is 16.1. The number of fused-ring (bicyclic) bond motifs is 1. The van der Waals surface area contributed by atoms with E-state index in [0.29, 0.717) is 11.5 Å². The van der Waals surface area contributed by atoms with Gasteiger partial charge in [-0.2, -0.15) is 4.98 Å². The average molecular weight is 221 g/mol. The van der Waals surface area contributed by atoms with Crippen molar-refractivity contribution < 1.29 is 4.79 Å². The van der Waals surface area contributed by atoms with Gasteiger partial charge in [-0.25, -0.2) is 4.99 Å². The highest BCUT2D eigenvalue weighted by molar-refractivity contribution is 6.42. The van der Waals surface area contributed by atoms with Crippen molar-refractivity contribution in [3.05, 3.63) is 10.4 Å². The highest BCUT2D eigenvalue weighted by Gasteiger charge is 2.24. The maximum Gasteiger partial charge on any atom is 0.280 e. The Balaban J connectivity index is 2.64. The number of nitrogens with one attached hydrogen (secondary N) is 2. The predicted molar refractivity (Wildman–Crippen MR) is 60.1 cm³/mol. The van der Waals surface area contributed by atoms with Crippen LogP contribution in [0.5, 0.6) is 0 Å². The van der Waals surface area contributed by atoms with Crippen LogP contribution >= 0.6 is 0 Å². The standard InChI is InChI=1S/C9H11N5O2/c1-3-5(4(2)15)12-6-7(11-3)13-9(10)14-8(6)16/h3H,1-2H3,(H4,10,11,13,14,16). The fourth-order valence-electron chi connectivity index (χ4n) is 1.56. The van der Waals surface area contributed by atoms with Crippen molar-refractivity contribution in [2.75, 3.05) is 11.1 Å². The number of anilines is 2. The fourth-order valence-corrected chi connectivity index (χ4v) is 1.56. The number of carbonyl (C=O) groups is 1. The van der Waals surface area contributed by atoms with Crippen molar-refractivity contribution in [3.8, 4) is 0 Å². The molecule has 1 atom stereocenters. The van der Waals surface area contributed by atoms with Gasteiger partial charge < -0.3 is 11.1 Å². The number of nitrogen functional groups attached to an aromatic ring is 1. The molecule has 4 N–H and O–H groups in total. The minimum atomic E-state index is -0.458. The maximum atomic E-state index is 11.5. The maximum absolute atomic E-state index is 11.5. The summed E-state index contributed by atoms with van der Waals surface area (Å²) in [6.45, 7) is 3.17. The molecule has 2 heterocycles. The van der Waals surface area contributed by atoms with Gasteiger partial charge in [-0.05, 0) is 6.92 Å². The van der Waals surface area contributed by atoms with E-state index in [4.69, 9.17) is 5.73 Å². The summed E-state index contributed by atoms with van der Waals surface area (Å²) in [5.74, 6) is 0.144. The van der Waals surface area contributed by atoms with Gasteiger partial charge in [0.1, 0.15) is 5.71 Å². The van der Waals surface area contributed by atoms with E-state index in [1.54, 1.807) is 6.92 Å². The molecule has 1 aliphatic heterocycles. The summed E-state index contributed by atoms with van der Waals surface area (Å²) in [5, 5.41) is 2.91. The zero-order valence-corrected chi connectivity index (χ0v) is 8.87. The quantitative estimate of drug-likeness (QED) is 0.609. The minimum Gasteiger partial charge on any atom is -0.369 e. The third kappa shape index (κ3) is 1.56. The first kappa shape index (κ1) is 10.3. The smallest absolute Gasteiger partial charge is 0.280 e. The number of nitrogens with zero attached hydrogens (tertiary/aromatic N) is 2. The van der Waals surface area contributed by atoms with Crippen molar-refractivity contribution in [1.29, 1.82) is 0 Å². The lowest BCUT2D eigenvalue weighted by Gasteiger charge is -2.21. The highest BCUT2D eigenvalue weighted by Crippen LogP contribution is 2.24. The van der Waals surface area contributed by atoms with Gasteiger partial charge in [-0.15, -0.1) is 0 Å². The number of rotatable bonds is 1. The molecule has 16 heavy (non-hydrogen) atoms. The molecule has 0 bridgehead atoms. The summed E-state index contributed by atoms with van der Waals surface area (Å²) in [4.78, 5) is 33.0. The van der Waals surface area contributed by atoms with E-state index in [2.05, 4.69) is 20.3 Å². The molecule has 7 heteroatoms. The molecule has 0 saturated heterocycles. The van der Waals surface area contributed by atoms with E-state index < -0.39 is 5.56 Å². The average Bonchev–Trinajstić information content (AvgIpc) is 2.15. The lowest BCUT2D eigenvalue weighted by Crippen LogP contribution is -2.35. The van der Waals surface area contributed by atoms with Gasteiger partial charge in [-0.1, -0.05) is 0 Å². The molecule has 2 rings (SSSR count). The number of carbonyl (C=O) groups excluding carboxylic acids is 1. The lowest BCUT2D eigenvalue weighted by molar-refractivity contribution is -0.111. The topological polar surface area (TPSA) is 113 Å². The molecule has 84 valence electrons. The van der Waals surface area contributed by atoms with E-state index in [0.717, 1.165) is 0 Å². The largest absolute Gasteiger partial charge is 0.369 e. The van der Waals surface area contributed by atoms with E-state index in [1.165, 1.54) is 6.92 Å². The number of H-pyrrole nitrogens is 1. The normalized spacial score (nSPS) is 18.4. The van der Waals surface area contributed by atoms with Gasteiger partial charge in [0, 0.05) is 6.92 Å².